The van der Waals surface area contributed by atoms with Crippen LogP contribution >= 0.6 is 46.7 Å². The van der Waals surface area contributed by atoms with Crippen LogP contribution < -0.4 is 5.56 Å². The lowest BCUT2D eigenvalue weighted by Gasteiger charge is -2.15. The van der Waals surface area contributed by atoms with Crippen LogP contribution in [0.4, 0.5) is 0 Å². The average molecular weight is 465 g/mol. The van der Waals surface area contributed by atoms with Crippen LogP contribution in [0.3, 0.4) is 0 Å². The second-order valence-corrected chi connectivity index (χ2v) is 8.98. The predicted molar refractivity (Wildman–Crippen MR) is 124 cm³/mol. The fourth-order valence-corrected chi connectivity index (χ4v) is 4.68. The van der Waals surface area contributed by atoms with Gasteiger partial charge in [0.15, 0.2) is 0 Å². The van der Waals surface area contributed by atoms with E-state index in [1.54, 1.807) is 0 Å². The number of alkyl halides is 1. The zero-order chi connectivity index (χ0) is 20.8. The monoisotopic (exact) mass is 464 g/mol. The normalized spacial score (nSPS) is 10.9. The summed E-state index contributed by atoms with van der Waals surface area (Å²) < 4.78 is 1.53. The summed E-state index contributed by atoms with van der Waals surface area (Å²) in [5.41, 5.74) is 2.29. The highest BCUT2D eigenvalue weighted by Crippen LogP contribution is 2.28. The third-order valence-electron chi connectivity index (χ3n) is 4.02. The SMILES string of the molecule is Cc1ccc(-n2c(-c3ccccc3)nc(SCCSC(=O)CCl)c(Cl)c2=O)cc1. The van der Waals surface area contributed by atoms with Gasteiger partial charge in [-0.2, -0.15) is 0 Å². The second kappa shape index (κ2) is 10.3. The van der Waals surface area contributed by atoms with Crippen molar-refractivity contribution in [2.45, 2.75) is 11.9 Å². The molecule has 2 aromatic carbocycles. The molecular weight excluding hydrogens is 447 g/mol. The minimum atomic E-state index is -0.323. The number of hydrogen-bond acceptors (Lipinski definition) is 5. The van der Waals surface area contributed by atoms with Crippen LogP contribution in [-0.4, -0.2) is 32.1 Å². The van der Waals surface area contributed by atoms with Crippen LogP contribution in [0.25, 0.3) is 17.1 Å². The zero-order valence-electron chi connectivity index (χ0n) is 15.6. The Morgan fingerprint density at radius 2 is 1.76 bits per heavy atom. The molecule has 0 saturated carbocycles. The molecule has 0 spiro atoms. The van der Waals surface area contributed by atoms with E-state index in [4.69, 9.17) is 28.2 Å². The van der Waals surface area contributed by atoms with Crippen molar-refractivity contribution in [1.29, 1.82) is 0 Å². The molecule has 1 heterocycles. The molecule has 4 nitrogen and oxygen atoms in total. The Bertz CT molecular complexity index is 1050. The molecule has 0 N–H and O–H groups in total. The summed E-state index contributed by atoms with van der Waals surface area (Å²) in [6, 6.07) is 17.2. The fourth-order valence-electron chi connectivity index (χ4n) is 2.62. The van der Waals surface area contributed by atoms with Crippen molar-refractivity contribution in [2.75, 3.05) is 17.4 Å². The number of carbonyl (C=O) groups is 1. The number of hydrogen-bond donors (Lipinski definition) is 0. The predicted octanol–water partition coefficient (Wildman–Crippen LogP) is 5.45. The summed E-state index contributed by atoms with van der Waals surface area (Å²) in [4.78, 5) is 29.2. The minimum absolute atomic E-state index is 0.0148. The van der Waals surface area contributed by atoms with E-state index < -0.39 is 0 Å². The van der Waals surface area contributed by atoms with E-state index in [1.807, 2.05) is 61.5 Å². The van der Waals surface area contributed by atoms with Crippen LogP contribution in [0.15, 0.2) is 64.4 Å². The maximum absolute atomic E-state index is 13.2. The molecule has 0 aliphatic carbocycles. The van der Waals surface area contributed by atoms with Crippen molar-refractivity contribution in [3.8, 4) is 17.1 Å². The van der Waals surface area contributed by atoms with Crippen molar-refractivity contribution >= 4 is 51.8 Å². The summed E-state index contributed by atoms with van der Waals surface area (Å²) >= 11 is 14.4. The molecule has 0 amide bonds. The lowest BCUT2D eigenvalue weighted by molar-refractivity contribution is -0.108. The molecule has 3 rings (SSSR count). The van der Waals surface area contributed by atoms with E-state index in [0.717, 1.165) is 22.9 Å². The van der Waals surface area contributed by atoms with Gasteiger partial charge in [0.1, 0.15) is 15.9 Å². The number of benzene rings is 2. The molecule has 0 radical (unpaired) electrons. The van der Waals surface area contributed by atoms with E-state index in [9.17, 15) is 9.59 Å². The van der Waals surface area contributed by atoms with Crippen LogP contribution in [0.1, 0.15) is 5.56 Å². The van der Waals surface area contributed by atoms with Gasteiger partial charge in [-0.1, -0.05) is 71.4 Å². The molecule has 29 heavy (non-hydrogen) atoms. The molecule has 0 aliphatic rings. The summed E-state index contributed by atoms with van der Waals surface area (Å²) in [6.07, 6.45) is 0. The van der Waals surface area contributed by atoms with Gasteiger partial charge in [-0.05, 0) is 19.1 Å². The Morgan fingerprint density at radius 3 is 2.41 bits per heavy atom. The number of halogens is 2. The van der Waals surface area contributed by atoms with E-state index in [1.165, 1.54) is 16.3 Å². The first-order valence-corrected chi connectivity index (χ1v) is 11.7. The maximum atomic E-state index is 13.2. The zero-order valence-corrected chi connectivity index (χ0v) is 18.7. The third kappa shape index (κ3) is 5.45. The second-order valence-electron chi connectivity index (χ2n) is 6.10. The van der Waals surface area contributed by atoms with Gasteiger partial charge in [0.2, 0.25) is 5.12 Å². The number of thioether (sulfide) groups is 2. The molecule has 1 aromatic heterocycles. The summed E-state index contributed by atoms with van der Waals surface area (Å²) in [5, 5.41) is 0.452. The highest BCUT2D eigenvalue weighted by Gasteiger charge is 2.18. The van der Waals surface area contributed by atoms with Crippen LogP contribution in [0.5, 0.6) is 0 Å². The lowest BCUT2D eigenvalue weighted by atomic mass is 10.2. The molecule has 0 saturated heterocycles. The van der Waals surface area contributed by atoms with Crippen LogP contribution in [0, 0.1) is 6.92 Å². The van der Waals surface area contributed by atoms with Gasteiger partial charge in [0, 0.05) is 17.1 Å². The van der Waals surface area contributed by atoms with Gasteiger partial charge >= 0.3 is 0 Å². The molecule has 3 aromatic rings. The molecule has 0 atom stereocenters. The maximum Gasteiger partial charge on any atom is 0.278 e. The number of aromatic nitrogens is 2. The molecule has 0 unspecified atom stereocenters. The molecular formula is C21H18Cl2N2O2S2. The first-order valence-electron chi connectivity index (χ1n) is 8.80. The van der Waals surface area contributed by atoms with Crippen LogP contribution in [-0.2, 0) is 4.79 Å². The Labute approximate surface area is 187 Å². The van der Waals surface area contributed by atoms with E-state index >= 15 is 0 Å². The standard InChI is InChI=1S/C21H18Cl2N2O2S2/c1-14-7-9-16(10-8-14)25-19(15-5-3-2-4-6-15)24-20(18(23)21(25)27)29-12-11-28-17(26)13-22/h2-10H,11-13H2,1H3. The molecule has 8 heteroatoms. The first-order chi connectivity index (χ1) is 14.0. The summed E-state index contributed by atoms with van der Waals surface area (Å²) in [7, 11) is 0. The van der Waals surface area contributed by atoms with Crippen molar-refractivity contribution < 1.29 is 4.79 Å². The van der Waals surface area contributed by atoms with E-state index in [-0.39, 0.29) is 21.6 Å². The summed E-state index contributed by atoms with van der Waals surface area (Å²) in [5.74, 6) is 1.66. The third-order valence-corrected chi connectivity index (χ3v) is 6.98. The van der Waals surface area contributed by atoms with E-state index in [0.29, 0.717) is 28.0 Å². The van der Waals surface area contributed by atoms with Gasteiger partial charge in [-0.3, -0.25) is 14.2 Å². The van der Waals surface area contributed by atoms with Crippen LogP contribution in [0.2, 0.25) is 5.02 Å². The largest absolute Gasteiger partial charge is 0.286 e. The highest BCUT2D eigenvalue weighted by molar-refractivity contribution is 8.14. The van der Waals surface area contributed by atoms with Gasteiger partial charge in [-0.15, -0.1) is 23.4 Å². The average Bonchev–Trinajstić information content (AvgIpc) is 2.75. The Hall–Kier alpha value is -1.73. The first kappa shape index (κ1) is 22.0. The summed E-state index contributed by atoms with van der Waals surface area (Å²) in [6.45, 7) is 1.99. The van der Waals surface area contributed by atoms with Gasteiger partial charge in [0.05, 0.1) is 11.6 Å². The number of rotatable bonds is 7. The van der Waals surface area contributed by atoms with Gasteiger partial charge in [-0.25, -0.2) is 4.98 Å². The lowest BCUT2D eigenvalue weighted by Crippen LogP contribution is -2.23. The van der Waals surface area contributed by atoms with Crippen molar-refractivity contribution in [3.63, 3.8) is 0 Å². The van der Waals surface area contributed by atoms with Crippen molar-refractivity contribution in [3.05, 3.63) is 75.5 Å². The fraction of sp³-hybridized carbons (Fsp3) is 0.190. The number of carbonyl (C=O) groups excluding carboxylic acids is 1. The highest BCUT2D eigenvalue weighted by atomic mass is 35.5. The Balaban J connectivity index is 2.03. The molecule has 0 aliphatic heterocycles. The molecule has 0 bridgehead atoms. The minimum Gasteiger partial charge on any atom is -0.286 e. The molecule has 0 fully saturated rings. The van der Waals surface area contributed by atoms with Crippen molar-refractivity contribution in [1.82, 2.24) is 9.55 Å². The number of aryl methyl sites for hydroxylation is 1. The topological polar surface area (TPSA) is 52.0 Å². The van der Waals surface area contributed by atoms with Crippen molar-refractivity contribution in [2.24, 2.45) is 0 Å². The van der Waals surface area contributed by atoms with E-state index in [2.05, 4.69) is 0 Å². The molecule has 150 valence electrons. The Morgan fingerprint density at radius 1 is 1.07 bits per heavy atom. The van der Waals surface area contributed by atoms with Gasteiger partial charge in [0.25, 0.3) is 5.56 Å². The Kier molecular flexibility index (Phi) is 7.84. The smallest absolute Gasteiger partial charge is 0.278 e. The quantitative estimate of drug-likeness (QED) is 0.201. The number of nitrogens with zero attached hydrogens (tertiary/aromatic N) is 2. The van der Waals surface area contributed by atoms with Gasteiger partial charge < -0.3 is 0 Å².